The third kappa shape index (κ3) is 3.01. The van der Waals surface area contributed by atoms with Gasteiger partial charge in [-0.2, -0.15) is 9.97 Å². The number of ether oxygens (including phenoxy) is 2. The molecule has 4 rings (SSSR count). The van der Waals surface area contributed by atoms with E-state index in [-0.39, 0.29) is 23.0 Å². The summed E-state index contributed by atoms with van der Waals surface area (Å²) in [5.74, 6) is -0.497. The largest absolute Gasteiger partial charge is 0.467 e. The van der Waals surface area contributed by atoms with Gasteiger partial charge in [-0.15, -0.1) is 0 Å². The summed E-state index contributed by atoms with van der Waals surface area (Å²) in [6.07, 6.45) is -3.91. The number of methoxy groups -OCH3 is 1. The first-order valence-corrected chi connectivity index (χ1v) is 8.41. The fourth-order valence-corrected chi connectivity index (χ4v) is 3.04. The zero-order valence-electron chi connectivity index (χ0n) is 14.8. The number of hydrogen-bond acceptors (Lipinski definition) is 9. The first-order chi connectivity index (χ1) is 13.5. The molecule has 1 amide bonds. The molecule has 3 aromatic rings. The number of nitrogen functional groups attached to an aromatic ring is 1. The van der Waals surface area contributed by atoms with Gasteiger partial charge in [-0.3, -0.25) is 9.36 Å². The second-order valence-corrected chi connectivity index (χ2v) is 6.20. The topological polar surface area (TPSA) is 158 Å². The number of rotatable bonds is 4. The first-order valence-electron chi connectivity index (χ1n) is 8.41. The Morgan fingerprint density at radius 1 is 1.25 bits per heavy atom. The van der Waals surface area contributed by atoms with Crippen LogP contribution in [0.5, 0.6) is 6.01 Å². The summed E-state index contributed by atoms with van der Waals surface area (Å²) >= 11 is 0. The van der Waals surface area contributed by atoms with Crippen LogP contribution in [0.25, 0.3) is 11.2 Å². The van der Waals surface area contributed by atoms with Crippen LogP contribution in [0.3, 0.4) is 0 Å². The van der Waals surface area contributed by atoms with Gasteiger partial charge in [0.1, 0.15) is 12.2 Å². The predicted octanol–water partition coefficient (Wildman–Crippen LogP) is -0.325. The molecule has 2 aromatic heterocycles. The van der Waals surface area contributed by atoms with Crippen LogP contribution in [0.4, 0.5) is 11.5 Å². The minimum atomic E-state index is -1.45. The molecule has 4 atom stereocenters. The van der Waals surface area contributed by atoms with Gasteiger partial charge in [0.05, 0.1) is 13.4 Å². The number of hydrogen-bond donors (Lipinski definition) is 4. The highest BCUT2D eigenvalue weighted by atomic mass is 16.6. The number of anilines is 2. The Labute approximate surface area is 158 Å². The molecule has 1 aliphatic heterocycles. The lowest BCUT2D eigenvalue weighted by Gasteiger charge is -2.16. The van der Waals surface area contributed by atoms with Crippen molar-refractivity contribution in [1.82, 2.24) is 19.5 Å². The lowest BCUT2D eigenvalue weighted by molar-refractivity contribution is -0.132. The number of nitrogens with two attached hydrogens (primary N) is 1. The van der Waals surface area contributed by atoms with E-state index in [1.807, 2.05) is 6.07 Å². The second-order valence-electron chi connectivity index (χ2n) is 6.20. The van der Waals surface area contributed by atoms with Crippen LogP contribution in [-0.2, 0) is 9.53 Å². The quantitative estimate of drug-likeness (QED) is 0.471. The van der Waals surface area contributed by atoms with Gasteiger partial charge in [-0.05, 0) is 12.1 Å². The van der Waals surface area contributed by atoms with Crippen molar-refractivity contribution in [3.8, 4) is 6.01 Å². The van der Waals surface area contributed by atoms with Gasteiger partial charge in [0, 0.05) is 5.69 Å². The second kappa shape index (κ2) is 7.03. The molecule has 1 aliphatic rings. The van der Waals surface area contributed by atoms with Crippen molar-refractivity contribution < 1.29 is 24.5 Å². The van der Waals surface area contributed by atoms with E-state index in [0.29, 0.717) is 5.69 Å². The van der Waals surface area contributed by atoms with Gasteiger partial charge in [0.2, 0.25) is 0 Å². The van der Waals surface area contributed by atoms with E-state index in [2.05, 4.69) is 20.3 Å². The lowest BCUT2D eigenvalue weighted by atomic mass is 10.1. The Morgan fingerprint density at radius 2 is 2.00 bits per heavy atom. The summed E-state index contributed by atoms with van der Waals surface area (Å²) in [7, 11) is 1.38. The number of nitrogens with zero attached hydrogens (tertiary/aromatic N) is 4. The summed E-state index contributed by atoms with van der Waals surface area (Å²) in [5, 5.41) is 23.5. The van der Waals surface area contributed by atoms with Crippen molar-refractivity contribution in [3.05, 3.63) is 36.7 Å². The number of aromatic nitrogens is 4. The first kappa shape index (κ1) is 18.1. The van der Waals surface area contributed by atoms with Crippen LogP contribution in [0.1, 0.15) is 6.23 Å². The molecule has 0 bridgehead atoms. The standard InChI is InChI=1S/C17H18N6O5/c1-27-17-21-13(18)9-14(22-17)23(7-19-9)16-11(25)10(24)12(28-16)15(26)20-8-5-3-2-4-6-8/h2-7,10-12,16,24-25H,1H3,(H,20,26)(H2,18,21,22)/t10?,11?,12-,16+/m0/s1. The van der Waals surface area contributed by atoms with Gasteiger partial charge in [-0.25, -0.2) is 4.98 Å². The number of fused-ring (bicyclic) bond motifs is 1. The molecule has 0 saturated carbocycles. The van der Waals surface area contributed by atoms with E-state index >= 15 is 0 Å². The summed E-state index contributed by atoms with van der Waals surface area (Å²) in [6.45, 7) is 0. The van der Waals surface area contributed by atoms with E-state index in [9.17, 15) is 15.0 Å². The third-order valence-electron chi connectivity index (χ3n) is 4.42. The molecule has 0 aliphatic carbocycles. The van der Waals surface area contributed by atoms with Crippen LogP contribution in [0, 0.1) is 0 Å². The highest BCUT2D eigenvalue weighted by Gasteiger charge is 2.47. The maximum Gasteiger partial charge on any atom is 0.320 e. The zero-order valence-corrected chi connectivity index (χ0v) is 14.8. The highest BCUT2D eigenvalue weighted by molar-refractivity contribution is 5.94. The monoisotopic (exact) mass is 386 g/mol. The van der Waals surface area contributed by atoms with Crippen molar-refractivity contribution in [2.24, 2.45) is 0 Å². The summed E-state index contributed by atoms with van der Waals surface area (Å²) < 4.78 is 12.0. The molecule has 2 unspecified atom stereocenters. The van der Waals surface area contributed by atoms with Crippen molar-refractivity contribution in [2.75, 3.05) is 18.2 Å². The highest BCUT2D eigenvalue weighted by Crippen LogP contribution is 2.33. The van der Waals surface area contributed by atoms with Crippen LogP contribution in [0.2, 0.25) is 0 Å². The number of carbonyl (C=O) groups excluding carboxylic acids is 1. The number of amides is 1. The average molecular weight is 386 g/mol. The van der Waals surface area contributed by atoms with E-state index in [0.717, 1.165) is 0 Å². The fraction of sp³-hybridized carbons (Fsp3) is 0.294. The average Bonchev–Trinajstić information content (AvgIpc) is 3.24. The Hall–Kier alpha value is -3.28. The zero-order chi connectivity index (χ0) is 19.8. The molecule has 11 nitrogen and oxygen atoms in total. The Morgan fingerprint density at radius 3 is 2.71 bits per heavy atom. The van der Waals surface area contributed by atoms with E-state index in [1.165, 1.54) is 18.0 Å². The molecular formula is C17H18N6O5. The van der Waals surface area contributed by atoms with E-state index < -0.39 is 30.4 Å². The maximum atomic E-state index is 12.5. The summed E-state index contributed by atoms with van der Waals surface area (Å²) in [5.41, 5.74) is 6.91. The maximum absolute atomic E-state index is 12.5. The van der Waals surface area contributed by atoms with Gasteiger partial charge >= 0.3 is 6.01 Å². The summed E-state index contributed by atoms with van der Waals surface area (Å²) in [4.78, 5) is 24.7. The number of para-hydroxylation sites is 1. The molecule has 1 aromatic carbocycles. The van der Waals surface area contributed by atoms with Gasteiger partial charge in [0.25, 0.3) is 5.91 Å². The minimum Gasteiger partial charge on any atom is -0.467 e. The molecule has 5 N–H and O–H groups in total. The predicted molar refractivity (Wildman–Crippen MR) is 97.3 cm³/mol. The minimum absolute atomic E-state index is 0.0122. The van der Waals surface area contributed by atoms with Crippen LogP contribution >= 0.6 is 0 Å². The number of aliphatic hydroxyl groups excluding tert-OH is 2. The normalized spacial score (nSPS) is 24.4. The molecular weight excluding hydrogens is 368 g/mol. The van der Waals surface area contributed by atoms with Gasteiger partial charge < -0.3 is 30.7 Å². The van der Waals surface area contributed by atoms with Gasteiger partial charge in [0.15, 0.2) is 29.3 Å². The van der Waals surface area contributed by atoms with Crippen LogP contribution in [-0.4, -0.2) is 61.1 Å². The molecule has 1 fully saturated rings. The number of carbonyl (C=O) groups is 1. The fourth-order valence-electron chi connectivity index (χ4n) is 3.04. The number of imidazole rings is 1. The number of benzene rings is 1. The van der Waals surface area contributed by atoms with Crippen molar-refractivity contribution in [3.63, 3.8) is 0 Å². The van der Waals surface area contributed by atoms with Crippen LogP contribution < -0.4 is 15.8 Å². The molecule has 146 valence electrons. The smallest absolute Gasteiger partial charge is 0.320 e. The molecule has 1 saturated heterocycles. The molecule has 28 heavy (non-hydrogen) atoms. The van der Waals surface area contributed by atoms with E-state index in [4.69, 9.17) is 15.2 Å². The number of aliphatic hydroxyl groups is 2. The summed E-state index contributed by atoms with van der Waals surface area (Å²) in [6, 6.07) is 8.73. The molecule has 0 spiro atoms. The van der Waals surface area contributed by atoms with E-state index in [1.54, 1.807) is 24.3 Å². The van der Waals surface area contributed by atoms with Crippen LogP contribution in [0.15, 0.2) is 36.7 Å². The SMILES string of the molecule is COc1nc(N)c2ncn([C@@H]3O[C@H](C(=O)Nc4ccccc4)C(O)C3O)c2n1. The lowest BCUT2D eigenvalue weighted by Crippen LogP contribution is -2.39. The molecule has 0 radical (unpaired) electrons. The Kier molecular flexibility index (Phi) is 4.55. The molecule has 3 heterocycles. The van der Waals surface area contributed by atoms with Crippen molar-refractivity contribution >= 4 is 28.6 Å². The van der Waals surface area contributed by atoms with Gasteiger partial charge in [-0.1, -0.05) is 18.2 Å². The van der Waals surface area contributed by atoms with Crippen molar-refractivity contribution in [1.29, 1.82) is 0 Å². The number of nitrogens with one attached hydrogen (secondary N) is 1. The van der Waals surface area contributed by atoms with Crippen molar-refractivity contribution in [2.45, 2.75) is 24.5 Å². The third-order valence-corrected chi connectivity index (χ3v) is 4.42. The molecule has 11 heteroatoms. The Balaban J connectivity index is 1.62. The Bertz CT molecular complexity index is 1010.